The molecule has 0 radical (unpaired) electrons. The van der Waals surface area contributed by atoms with E-state index in [-0.39, 0.29) is 18.0 Å². The number of carbonyl (C=O) groups excluding carboxylic acids is 3. The van der Waals surface area contributed by atoms with Crippen LogP contribution in [0.4, 0.5) is 13.2 Å². The van der Waals surface area contributed by atoms with E-state index in [1.165, 1.54) is 31.4 Å². The number of halogens is 3. The van der Waals surface area contributed by atoms with Gasteiger partial charge >= 0.3 is 12.1 Å². The van der Waals surface area contributed by atoms with Crippen molar-refractivity contribution in [2.45, 2.75) is 62.8 Å². The maximum atomic E-state index is 13.2. The molecule has 0 aromatic heterocycles. The Bertz CT molecular complexity index is 1320. The second-order valence-electron chi connectivity index (χ2n) is 10.2. The van der Waals surface area contributed by atoms with Gasteiger partial charge in [-0.3, -0.25) is 19.1 Å². The van der Waals surface area contributed by atoms with Crippen molar-refractivity contribution in [3.63, 3.8) is 0 Å². The Morgan fingerprint density at radius 2 is 1.64 bits per heavy atom. The molecule has 1 aliphatic heterocycles. The predicted octanol–water partition coefficient (Wildman–Crippen LogP) is 1.94. The molecule has 230 valence electrons. The van der Waals surface area contributed by atoms with Gasteiger partial charge < -0.3 is 20.7 Å². The van der Waals surface area contributed by atoms with Gasteiger partial charge in [-0.15, -0.1) is 0 Å². The molecule has 3 rings (SSSR count). The number of benzene rings is 2. The lowest BCUT2D eigenvalue weighted by Crippen LogP contribution is -2.53. The first-order valence-electron chi connectivity index (χ1n) is 13.4. The highest BCUT2D eigenvalue weighted by molar-refractivity contribution is 7.89. The average Bonchev–Trinajstić information content (AvgIpc) is 3.46. The molecular weight excluding hydrogens is 577 g/mol. The second kappa shape index (κ2) is 14.6. The van der Waals surface area contributed by atoms with Gasteiger partial charge in [-0.1, -0.05) is 61.5 Å². The number of nitrogens with one attached hydrogen (secondary N) is 4. The zero-order valence-corrected chi connectivity index (χ0v) is 24.1. The van der Waals surface area contributed by atoms with Gasteiger partial charge in [0.25, 0.3) is 5.91 Å². The van der Waals surface area contributed by atoms with Gasteiger partial charge in [0.1, 0.15) is 6.04 Å². The first-order chi connectivity index (χ1) is 19.8. The van der Waals surface area contributed by atoms with E-state index in [0.717, 1.165) is 19.4 Å². The molecule has 1 fully saturated rings. The molecule has 0 bridgehead atoms. The van der Waals surface area contributed by atoms with E-state index in [1.54, 1.807) is 42.6 Å². The van der Waals surface area contributed by atoms with Crippen LogP contribution in [0.25, 0.3) is 0 Å². The number of methoxy groups -OCH3 is 1. The number of hydrogen-bond donors (Lipinski definition) is 4. The Morgan fingerprint density at radius 3 is 2.21 bits per heavy atom. The number of ether oxygens (including phenoxy) is 1. The fraction of sp³-hybridized carbons (Fsp3) is 0.464. The van der Waals surface area contributed by atoms with Gasteiger partial charge in [0.15, 0.2) is 0 Å². The molecule has 0 spiro atoms. The summed E-state index contributed by atoms with van der Waals surface area (Å²) in [5.41, 5.74) is 1.28. The third kappa shape index (κ3) is 9.81. The fourth-order valence-electron chi connectivity index (χ4n) is 4.74. The number of hydrogen-bond acceptors (Lipinski definition) is 7. The predicted molar refractivity (Wildman–Crippen MR) is 148 cm³/mol. The standard InChI is InChI=1S/C28H35F3N4O6S/c1-18(24(41-2)22-9-6-14-32-22)25(36)34-23(15-19-7-4-3-5-8-19)26(37)35-42(39,40)17-21-12-10-20(11-13-21)16-33-27(38)28(29,30)31/h3-5,7-8,10-13,18,22-24,32H,6,9,14-17H2,1-2H3,(H,33,38)(H,34,36)(H,35,37)/t18-,22+,23+,24-/m1/s1. The maximum absolute atomic E-state index is 13.2. The van der Waals surface area contributed by atoms with Crippen molar-refractivity contribution in [2.75, 3.05) is 13.7 Å². The van der Waals surface area contributed by atoms with E-state index >= 15 is 0 Å². The zero-order valence-electron chi connectivity index (χ0n) is 23.2. The number of rotatable bonds is 13. The third-order valence-corrected chi connectivity index (χ3v) is 8.16. The molecule has 1 saturated heterocycles. The lowest BCUT2D eigenvalue weighted by molar-refractivity contribution is -0.173. The Balaban J connectivity index is 1.67. The SMILES string of the molecule is CO[C@@H]([C@@H]1CCCN1)[C@@H](C)C(=O)N[C@@H](Cc1ccccc1)C(=O)NS(=O)(=O)Cc1ccc(CNC(=O)C(F)(F)F)cc1. The number of carbonyl (C=O) groups is 3. The smallest absolute Gasteiger partial charge is 0.379 e. The second-order valence-corrected chi connectivity index (χ2v) is 11.9. The molecule has 0 unspecified atom stereocenters. The Morgan fingerprint density at radius 1 is 1.00 bits per heavy atom. The fourth-order valence-corrected chi connectivity index (χ4v) is 5.89. The van der Waals surface area contributed by atoms with Crippen LogP contribution in [0.3, 0.4) is 0 Å². The van der Waals surface area contributed by atoms with Crippen molar-refractivity contribution in [1.29, 1.82) is 0 Å². The summed E-state index contributed by atoms with van der Waals surface area (Å²) in [6, 6.07) is 13.1. The van der Waals surface area contributed by atoms with Crippen LogP contribution in [0.1, 0.15) is 36.5 Å². The van der Waals surface area contributed by atoms with E-state index in [0.29, 0.717) is 11.1 Å². The highest BCUT2D eigenvalue weighted by Crippen LogP contribution is 2.20. The summed E-state index contributed by atoms with van der Waals surface area (Å²) in [6.45, 7) is 2.10. The summed E-state index contributed by atoms with van der Waals surface area (Å²) in [5.74, 6) is -4.70. The molecule has 42 heavy (non-hydrogen) atoms. The van der Waals surface area contributed by atoms with Crippen molar-refractivity contribution in [3.05, 3.63) is 71.3 Å². The molecule has 1 heterocycles. The molecule has 0 saturated carbocycles. The molecule has 3 amide bonds. The topological polar surface area (TPSA) is 143 Å². The number of amides is 3. The Kier molecular flexibility index (Phi) is 11.5. The van der Waals surface area contributed by atoms with Crippen LogP contribution < -0.4 is 20.7 Å². The third-order valence-electron chi connectivity index (χ3n) is 6.94. The summed E-state index contributed by atoms with van der Waals surface area (Å²) in [4.78, 5) is 37.4. The molecule has 14 heteroatoms. The lowest BCUT2D eigenvalue weighted by Gasteiger charge is -2.29. The van der Waals surface area contributed by atoms with Gasteiger partial charge in [-0.25, -0.2) is 8.42 Å². The minimum atomic E-state index is -5.01. The normalized spacial score (nSPS) is 17.6. The largest absolute Gasteiger partial charge is 0.471 e. The van der Waals surface area contributed by atoms with Crippen LogP contribution >= 0.6 is 0 Å². The maximum Gasteiger partial charge on any atom is 0.471 e. The van der Waals surface area contributed by atoms with Gasteiger partial charge in [0, 0.05) is 26.1 Å². The number of sulfonamides is 1. The highest BCUT2D eigenvalue weighted by atomic mass is 32.2. The highest BCUT2D eigenvalue weighted by Gasteiger charge is 2.38. The van der Waals surface area contributed by atoms with E-state index in [9.17, 15) is 36.0 Å². The van der Waals surface area contributed by atoms with Gasteiger partial charge in [-0.05, 0) is 36.1 Å². The van der Waals surface area contributed by atoms with E-state index in [1.807, 2.05) is 4.72 Å². The molecule has 10 nitrogen and oxygen atoms in total. The van der Waals surface area contributed by atoms with E-state index < -0.39 is 64.3 Å². The quantitative estimate of drug-likeness (QED) is 0.271. The molecule has 4 N–H and O–H groups in total. The van der Waals surface area contributed by atoms with E-state index in [4.69, 9.17) is 4.74 Å². The zero-order chi connectivity index (χ0) is 30.9. The van der Waals surface area contributed by atoms with Gasteiger partial charge in [0.2, 0.25) is 15.9 Å². The summed E-state index contributed by atoms with van der Waals surface area (Å²) in [6.07, 6.45) is -3.63. The average molecular weight is 613 g/mol. The number of alkyl halides is 3. The molecule has 4 atom stereocenters. The molecule has 1 aliphatic rings. The van der Waals surface area contributed by atoms with Crippen molar-refractivity contribution >= 4 is 27.7 Å². The van der Waals surface area contributed by atoms with Gasteiger partial charge in [-0.2, -0.15) is 13.2 Å². The Hall–Kier alpha value is -3.49. The first kappa shape index (κ1) is 33.0. The Labute approximate surface area is 242 Å². The monoisotopic (exact) mass is 612 g/mol. The van der Waals surface area contributed by atoms with Crippen molar-refractivity contribution in [3.8, 4) is 0 Å². The van der Waals surface area contributed by atoms with Crippen LogP contribution in [0.5, 0.6) is 0 Å². The molecular formula is C28H35F3N4O6S. The van der Waals surface area contributed by atoms with Crippen molar-refractivity contribution in [1.82, 2.24) is 20.7 Å². The van der Waals surface area contributed by atoms with Gasteiger partial charge in [0.05, 0.1) is 17.8 Å². The first-order valence-corrected chi connectivity index (χ1v) is 15.0. The summed E-state index contributed by atoms with van der Waals surface area (Å²) in [7, 11) is -2.71. The van der Waals surface area contributed by atoms with Crippen LogP contribution in [0.15, 0.2) is 54.6 Å². The molecule has 0 aliphatic carbocycles. The van der Waals surface area contributed by atoms with Crippen molar-refractivity contribution in [2.24, 2.45) is 5.92 Å². The lowest BCUT2D eigenvalue weighted by atomic mass is 9.95. The van der Waals surface area contributed by atoms with Crippen LogP contribution in [0, 0.1) is 5.92 Å². The van der Waals surface area contributed by atoms with Crippen LogP contribution in [-0.4, -0.2) is 64.2 Å². The minimum absolute atomic E-state index is 0.0233. The van der Waals surface area contributed by atoms with Crippen LogP contribution in [-0.2, 0) is 47.9 Å². The minimum Gasteiger partial charge on any atom is -0.379 e. The van der Waals surface area contributed by atoms with Crippen molar-refractivity contribution < 1.29 is 40.7 Å². The molecule has 2 aromatic rings. The van der Waals surface area contributed by atoms with Crippen LogP contribution in [0.2, 0.25) is 0 Å². The van der Waals surface area contributed by atoms with E-state index in [2.05, 4.69) is 10.6 Å². The summed E-state index contributed by atoms with van der Waals surface area (Å²) in [5, 5.41) is 7.73. The summed E-state index contributed by atoms with van der Waals surface area (Å²) >= 11 is 0. The molecule has 2 aromatic carbocycles. The summed E-state index contributed by atoms with van der Waals surface area (Å²) < 4.78 is 70.5.